The first-order valence-electron chi connectivity index (χ1n) is 33.5. The Balaban J connectivity index is 1.06. The number of aromatic amines is 2. The summed E-state index contributed by atoms with van der Waals surface area (Å²) in [5.74, 6) is -11.5. The Bertz CT molecular complexity index is 4120. The van der Waals surface area contributed by atoms with Crippen LogP contribution < -0.4 is 43.4 Å². The topological polar surface area (TPSA) is 420 Å². The minimum atomic E-state index is -1.89. The Morgan fingerprint density at radius 3 is 2.06 bits per heavy atom. The largest absolute Gasteiger partial charge is 0.508 e. The average molecular weight is 1430 g/mol. The second-order valence-corrected chi connectivity index (χ2v) is 28.1. The van der Waals surface area contributed by atoms with Gasteiger partial charge in [0.2, 0.25) is 47.3 Å². The highest BCUT2D eigenvalue weighted by molar-refractivity contribution is 7.98. The van der Waals surface area contributed by atoms with Gasteiger partial charge in [0.1, 0.15) is 47.0 Å². The molecule has 4 aromatic carbocycles. The van der Waals surface area contributed by atoms with Crippen LogP contribution in [0, 0.1) is 17.7 Å². The molecule has 8 atom stereocenters. The number of primary amides is 1. The lowest BCUT2D eigenvalue weighted by Crippen LogP contribution is -2.62. The number of carbonyl (C=O) groups excluding carboxylic acids is 10. The normalized spacial score (nSPS) is 23.4. The number of aromatic hydroxyl groups is 2. The number of hydrogen-bond acceptors (Lipinski definition) is 17. The molecule has 1 fully saturated rings. The molecule has 2 aromatic heterocycles. The highest BCUT2D eigenvalue weighted by Gasteiger charge is 2.49. The number of aliphatic imine (C=N–C) groups is 1. The molecule has 15 N–H and O–H groups in total. The first-order chi connectivity index (χ1) is 48.4. The van der Waals surface area contributed by atoms with Gasteiger partial charge in [0.25, 0.3) is 0 Å². The summed E-state index contributed by atoms with van der Waals surface area (Å²) in [5, 5.41) is 48.3. The molecule has 6 aromatic rings. The number of hydrogen-bond donors (Lipinski definition) is 13. The maximum absolute atomic E-state index is 15.3. The van der Waals surface area contributed by atoms with Crippen molar-refractivity contribution in [2.45, 2.75) is 144 Å². The van der Waals surface area contributed by atoms with E-state index in [-0.39, 0.29) is 68.7 Å². The number of halogens is 1. The molecule has 2 bridgehead atoms. The number of Topliss-reactive ketones (excluding diaryl/α,β-unsaturated/α-hetero) is 2. The molecule has 1 saturated heterocycles. The molecule has 26 nitrogen and oxygen atoms in total. The summed E-state index contributed by atoms with van der Waals surface area (Å²) in [6.45, 7) is 1.31. The van der Waals surface area contributed by atoms with E-state index in [2.05, 4.69) is 46.9 Å². The van der Waals surface area contributed by atoms with E-state index in [9.17, 15) is 53.3 Å². The van der Waals surface area contributed by atoms with Crippen molar-refractivity contribution in [1.82, 2.24) is 46.8 Å². The standard InChI is InChI=1S/C72H85FN12O14S2/c1-72-19-5-22-85(72)70(98)60(26-41-9-12-50(86)13-10-41)83-66(94)45(25-42-17-21-76-34-42)30-62(89)58(33-64(91)92)81-69(97)59(29-48-36-78-55-15-11-49(73)31-53(48)55)82-67(95)46(27-47-35-77-56-16-14-51(87)32-54(47)56)28-52(88)37-79-68(96)57(8-2-3-20-74)80-63(90)18-23-100-38-43-6-4-7-44(24-43)39-101-40-61(65(75)93)84-71(72)99/h4,6-7,9-16,21,24,31-32,34-36,45-46,57-61,77-78,86-87H,2-3,5,8,17-20,22-23,25-30,33,37-40,74H2,1H3,(H2,75,93)(H,79,96)(H,80,90)(H,81,97)(H,82,95)(H,83,94)(H,84,99)(H,91,92)/t45-,46-,57+,58+,59+,60+,61+,72+/m1/s1. The van der Waals surface area contributed by atoms with Crippen LogP contribution >= 0.6 is 23.5 Å². The highest BCUT2D eigenvalue weighted by atomic mass is 32.2. The fourth-order valence-corrected chi connectivity index (χ4v) is 14.7. The van der Waals surface area contributed by atoms with Gasteiger partial charge in [-0.25, -0.2) is 4.39 Å². The fourth-order valence-electron chi connectivity index (χ4n) is 12.8. The lowest BCUT2D eigenvalue weighted by atomic mass is 9.89. The number of allylic oxidation sites excluding steroid dienone is 1. The lowest BCUT2D eigenvalue weighted by molar-refractivity contribution is -0.147. The quantitative estimate of drug-likeness (QED) is 0.0619. The van der Waals surface area contributed by atoms with Gasteiger partial charge in [0, 0.05) is 127 Å². The third-order valence-corrected chi connectivity index (χ3v) is 20.5. The number of H-pyrrole nitrogens is 2. The number of carboxylic acid groups (broad SMARTS) is 1. The van der Waals surface area contributed by atoms with Crippen LogP contribution in [0.2, 0.25) is 0 Å². The van der Waals surface area contributed by atoms with Crippen molar-refractivity contribution in [2.75, 3.05) is 31.1 Å². The molecule has 0 unspecified atom stereocenters. The Labute approximate surface area is 590 Å². The predicted octanol–water partition coefficient (Wildman–Crippen LogP) is 4.71. The van der Waals surface area contributed by atoms with E-state index in [4.69, 9.17) is 11.5 Å². The molecule has 0 saturated carbocycles. The number of unbranched alkanes of at least 4 members (excludes halogenated alkanes) is 1. The van der Waals surface area contributed by atoms with Crippen LogP contribution in [0.4, 0.5) is 4.39 Å². The molecule has 3 aliphatic heterocycles. The lowest BCUT2D eigenvalue weighted by Gasteiger charge is -2.37. The van der Waals surface area contributed by atoms with Crippen molar-refractivity contribution in [2.24, 2.45) is 28.3 Å². The van der Waals surface area contributed by atoms with Crippen LogP contribution in [0.5, 0.6) is 11.5 Å². The number of benzene rings is 4. The van der Waals surface area contributed by atoms with Crippen molar-refractivity contribution in [3.05, 3.63) is 143 Å². The van der Waals surface area contributed by atoms with E-state index >= 15 is 19.2 Å². The molecule has 3 aliphatic rings. The minimum Gasteiger partial charge on any atom is -0.508 e. The molecule has 0 aliphatic carbocycles. The zero-order valence-electron chi connectivity index (χ0n) is 55.9. The van der Waals surface area contributed by atoms with Gasteiger partial charge in [0.05, 0.1) is 19.0 Å². The summed E-state index contributed by atoms with van der Waals surface area (Å²) in [5.41, 5.74) is 14.8. The highest BCUT2D eigenvalue weighted by Crippen LogP contribution is 2.33. The van der Waals surface area contributed by atoms with E-state index in [1.807, 2.05) is 24.3 Å². The van der Waals surface area contributed by atoms with Crippen LogP contribution in [-0.2, 0) is 83.5 Å². The summed E-state index contributed by atoms with van der Waals surface area (Å²) >= 11 is 2.82. The molecular weight excluding hydrogens is 1340 g/mol. The zero-order chi connectivity index (χ0) is 72.3. The molecule has 8 amide bonds. The Kier molecular flexibility index (Phi) is 26.4. The van der Waals surface area contributed by atoms with Gasteiger partial charge < -0.3 is 73.6 Å². The van der Waals surface area contributed by atoms with Gasteiger partial charge in [-0.05, 0) is 140 Å². The van der Waals surface area contributed by atoms with Crippen LogP contribution in [0.15, 0.2) is 114 Å². The van der Waals surface area contributed by atoms with Crippen molar-refractivity contribution in [1.29, 1.82) is 0 Å². The Morgan fingerprint density at radius 2 is 1.37 bits per heavy atom. The number of fused-ring (bicyclic) bond motifs is 5. The summed E-state index contributed by atoms with van der Waals surface area (Å²) in [6, 6.07) is 14.6. The number of nitrogens with one attached hydrogen (secondary N) is 8. The average Bonchev–Trinajstić information content (AvgIpc) is 1.70. The van der Waals surface area contributed by atoms with Gasteiger partial charge >= 0.3 is 5.97 Å². The minimum absolute atomic E-state index is 0.0341. The summed E-state index contributed by atoms with van der Waals surface area (Å²) in [6.07, 6.45) is 4.83. The van der Waals surface area contributed by atoms with Gasteiger partial charge in [-0.2, -0.15) is 23.5 Å². The molecule has 0 spiro atoms. The number of carbonyl (C=O) groups is 11. The SMILES string of the molecule is C[C@@]12CCCN1C(=O)[C@H](Cc1ccc(O)cc1)NC(=O)[C@H](CC1=CN=CC1)CC(=O)[C@H](CC(=O)O)NC(=O)[C@H](Cc1c[nH]c3ccc(F)cc13)NC(=O)[C@H](Cc1c[nH]c3ccc(O)cc13)CC(=O)CNC(=O)[C@H](CCCCN)NC(=O)CCSCc1cccc(c1)CSC[C@@H](C(N)=O)NC2=O. The van der Waals surface area contributed by atoms with Crippen molar-refractivity contribution in [3.63, 3.8) is 0 Å². The molecule has 29 heteroatoms. The number of phenolic OH excluding ortho intramolecular Hbond substituents is 2. The molecule has 0 radical (unpaired) electrons. The van der Waals surface area contributed by atoms with Crippen LogP contribution in [0.1, 0.15) is 105 Å². The van der Waals surface area contributed by atoms with E-state index < -0.39 is 150 Å². The Hall–Kier alpha value is -9.87. The van der Waals surface area contributed by atoms with Crippen LogP contribution in [-0.4, -0.2) is 168 Å². The van der Waals surface area contributed by atoms with Crippen LogP contribution in [0.25, 0.3) is 21.8 Å². The second kappa shape index (κ2) is 35.4. The van der Waals surface area contributed by atoms with E-state index in [0.717, 1.165) is 11.1 Å². The number of rotatable bonds is 15. The summed E-state index contributed by atoms with van der Waals surface area (Å²) in [4.78, 5) is 170. The van der Waals surface area contributed by atoms with Crippen molar-refractivity contribution in [3.8, 4) is 11.5 Å². The maximum Gasteiger partial charge on any atom is 0.305 e. The summed E-state index contributed by atoms with van der Waals surface area (Å²) in [7, 11) is 0. The van der Waals surface area contributed by atoms with Gasteiger partial charge in [0.15, 0.2) is 11.6 Å². The third-order valence-electron chi connectivity index (χ3n) is 18.4. The third kappa shape index (κ3) is 20.9. The summed E-state index contributed by atoms with van der Waals surface area (Å²) < 4.78 is 15.0. The number of aromatic nitrogens is 2. The molecular formula is C72H85FN12O14S2. The number of thioether (sulfide) groups is 2. The van der Waals surface area contributed by atoms with Crippen molar-refractivity contribution >= 4 is 116 Å². The van der Waals surface area contributed by atoms with Gasteiger partial charge in [-0.3, -0.25) is 57.7 Å². The smallest absolute Gasteiger partial charge is 0.305 e. The van der Waals surface area contributed by atoms with E-state index in [1.165, 1.54) is 95.4 Å². The number of carboxylic acids is 1. The fraction of sp³-hybridized carbons (Fsp3) is 0.417. The molecule has 536 valence electrons. The predicted molar refractivity (Wildman–Crippen MR) is 379 cm³/mol. The molecule has 101 heavy (non-hydrogen) atoms. The number of phenols is 2. The van der Waals surface area contributed by atoms with Crippen LogP contribution in [0.3, 0.4) is 0 Å². The first-order valence-corrected chi connectivity index (χ1v) is 35.9. The molecule has 9 rings (SSSR count). The van der Waals surface area contributed by atoms with E-state index in [0.29, 0.717) is 87.1 Å². The number of nitrogens with two attached hydrogens (primary N) is 2. The maximum atomic E-state index is 15.3. The first kappa shape index (κ1) is 75.3. The van der Waals surface area contributed by atoms with Crippen molar-refractivity contribution < 1.29 is 72.4 Å². The Morgan fingerprint density at radius 1 is 0.703 bits per heavy atom. The number of aliphatic carboxylic acids is 1. The molecule has 5 heterocycles. The van der Waals surface area contributed by atoms with Gasteiger partial charge in [-0.15, -0.1) is 0 Å². The zero-order valence-corrected chi connectivity index (χ0v) is 57.5. The number of amides is 8. The second-order valence-electron chi connectivity index (χ2n) is 26.0. The van der Waals surface area contributed by atoms with Gasteiger partial charge in [-0.1, -0.05) is 36.4 Å². The monoisotopic (exact) mass is 1420 g/mol. The van der Waals surface area contributed by atoms with E-state index in [1.54, 1.807) is 25.4 Å². The number of ketones is 2. The number of nitrogens with zero attached hydrogens (tertiary/aromatic N) is 2.